The van der Waals surface area contributed by atoms with Gasteiger partial charge in [0.25, 0.3) is 0 Å². The van der Waals surface area contributed by atoms with Gasteiger partial charge >= 0.3 is 5.97 Å². The smallest absolute Gasteiger partial charge is 0.314 e. The number of allylic oxidation sites excluding steroid dienone is 2. The molecule has 0 heterocycles. The molecule has 1 unspecified atom stereocenters. The topological polar surface area (TPSA) is 63.3 Å². The number of nitrogens with two attached hydrogens (primary N) is 1. The van der Waals surface area contributed by atoms with Crippen molar-refractivity contribution in [1.29, 1.82) is 0 Å². The van der Waals surface area contributed by atoms with Gasteiger partial charge in [0.1, 0.15) is 0 Å². The Morgan fingerprint density at radius 2 is 2.36 bits per heavy atom. The summed E-state index contributed by atoms with van der Waals surface area (Å²) in [4.78, 5) is 10.5. The van der Waals surface area contributed by atoms with E-state index in [2.05, 4.69) is 6.58 Å². The van der Waals surface area contributed by atoms with Gasteiger partial charge in [0.05, 0.1) is 5.92 Å². The molecular weight excluding hydrogens is 142 g/mol. The zero-order valence-corrected chi connectivity index (χ0v) is 5.95. The molecule has 3 N–H and O–H groups in total. The second-order valence-electron chi connectivity index (χ2n) is 2.39. The van der Waals surface area contributed by atoms with E-state index in [0.29, 0.717) is 11.3 Å². The second kappa shape index (κ2) is 2.62. The quantitative estimate of drug-likeness (QED) is 0.578. The highest BCUT2D eigenvalue weighted by Gasteiger charge is 2.18. The summed E-state index contributed by atoms with van der Waals surface area (Å²) in [6.45, 7) is 3.58. The molecule has 0 saturated carbocycles. The fourth-order valence-electron chi connectivity index (χ4n) is 0.924. The van der Waals surface area contributed by atoms with Crippen LogP contribution in [0.2, 0.25) is 0 Å². The Labute approximate surface area is 64.5 Å². The third-order valence-electron chi connectivity index (χ3n) is 1.50. The average Bonchev–Trinajstić information content (AvgIpc) is 1.85. The van der Waals surface area contributed by atoms with Crippen molar-refractivity contribution >= 4 is 5.97 Å². The number of hydrogen-bond donors (Lipinski definition) is 2. The van der Waals surface area contributed by atoms with E-state index in [1.807, 2.05) is 0 Å². The van der Waals surface area contributed by atoms with Crippen LogP contribution in [-0.4, -0.2) is 11.1 Å². The van der Waals surface area contributed by atoms with Crippen molar-refractivity contribution in [2.45, 2.75) is 0 Å². The Bertz CT molecular complexity index is 263. The molecule has 1 aliphatic carbocycles. The fourth-order valence-corrected chi connectivity index (χ4v) is 0.924. The van der Waals surface area contributed by atoms with Crippen LogP contribution in [0.4, 0.5) is 0 Å². The highest BCUT2D eigenvalue weighted by molar-refractivity contribution is 5.77. The molecule has 0 spiro atoms. The van der Waals surface area contributed by atoms with E-state index < -0.39 is 11.9 Å². The predicted octanol–water partition coefficient (Wildman–Crippen LogP) is 0.656. The lowest BCUT2D eigenvalue weighted by atomic mass is 9.95. The Kier molecular flexibility index (Phi) is 1.81. The van der Waals surface area contributed by atoms with E-state index in [1.165, 1.54) is 6.08 Å². The minimum Gasteiger partial charge on any atom is -0.481 e. The van der Waals surface area contributed by atoms with Gasteiger partial charge in [-0.3, -0.25) is 4.79 Å². The van der Waals surface area contributed by atoms with E-state index in [1.54, 1.807) is 12.2 Å². The maximum atomic E-state index is 10.5. The average molecular weight is 151 g/mol. The highest BCUT2D eigenvalue weighted by Crippen LogP contribution is 2.18. The van der Waals surface area contributed by atoms with Crippen LogP contribution in [0.25, 0.3) is 0 Å². The number of carboxylic acid groups (broad SMARTS) is 1. The summed E-state index contributed by atoms with van der Waals surface area (Å²) in [5.74, 6) is -1.50. The maximum absolute atomic E-state index is 10.5. The van der Waals surface area contributed by atoms with Crippen LogP contribution >= 0.6 is 0 Å². The molecule has 0 aromatic heterocycles. The molecule has 0 radical (unpaired) electrons. The van der Waals surface area contributed by atoms with Crippen molar-refractivity contribution < 1.29 is 9.90 Å². The Balaban J connectivity index is 2.86. The number of carboxylic acids is 1. The van der Waals surface area contributed by atoms with Crippen LogP contribution in [0.15, 0.2) is 36.1 Å². The van der Waals surface area contributed by atoms with Gasteiger partial charge in [-0.05, 0) is 17.7 Å². The van der Waals surface area contributed by atoms with Gasteiger partial charge in [-0.15, -0.1) is 0 Å². The maximum Gasteiger partial charge on any atom is 0.314 e. The van der Waals surface area contributed by atoms with Crippen molar-refractivity contribution in [3.05, 3.63) is 36.1 Å². The Morgan fingerprint density at radius 3 is 2.82 bits per heavy atom. The van der Waals surface area contributed by atoms with Gasteiger partial charge in [0.2, 0.25) is 0 Å². The van der Waals surface area contributed by atoms with Crippen molar-refractivity contribution in [2.75, 3.05) is 0 Å². The minimum atomic E-state index is -0.894. The Morgan fingerprint density at radius 1 is 1.73 bits per heavy atom. The van der Waals surface area contributed by atoms with Gasteiger partial charge in [-0.2, -0.15) is 0 Å². The predicted molar refractivity (Wildman–Crippen MR) is 41.7 cm³/mol. The number of rotatable bonds is 1. The third-order valence-corrected chi connectivity index (χ3v) is 1.50. The van der Waals surface area contributed by atoms with Crippen LogP contribution in [0.3, 0.4) is 0 Å². The van der Waals surface area contributed by atoms with Crippen LogP contribution in [-0.2, 0) is 4.79 Å². The van der Waals surface area contributed by atoms with E-state index in [9.17, 15) is 4.79 Å². The molecule has 0 amide bonds. The summed E-state index contributed by atoms with van der Waals surface area (Å²) in [5.41, 5.74) is 6.48. The Hall–Kier alpha value is -1.51. The first-order valence-corrected chi connectivity index (χ1v) is 3.18. The summed E-state index contributed by atoms with van der Waals surface area (Å²) in [6.07, 6.45) is 4.67. The van der Waals surface area contributed by atoms with E-state index >= 15 is 0 Å². The van der Waals surface area contributed by atoms with Crippen molar-refractivity contribution in [1.82, 2.24) is 0 Å². The molecule has 0 aliphatic heterocycles. The largest absolute Gasteiger partial charge is 0.481 e. The van der Waals surface area contributed by atoms with Gasteiger partial charge in [-0.25, -0.2) is 0 Å². The summed E-state index contributed by atoms with van der Waals surface area (Å²) < 4.78 is 0. The monoisotopic (exact) mass is 151 g/mol. The number of hydrogen-bond acceptors (Lipinski definition) is 2. The standard InChI is InChI=1S/C8H9NO2/c1-5-4-6(9)2-3-7(5)8(10)11/h2-4,7H,1,9H2,(H,10,11). The molecule has 58 valence electrons. The molecule has 11 heavy (non-hydrogen) atoms. The SMILES string of the molecule is C=C1C=C(N)C=CC1C(=O)O. The van der Waals surface area contributed by atoms with Crippen LogP contribution in [0.1, 0.15) is 0 Å². The zero-order chi connectivity index (χ0) is 8.43. The van der Waals surface area contributed by atoms with Crippen molar-refractivity contribution in [3.63, 3.8) is 0 Å². The molecule has 0 bridgehead atoms. The highest BCUT2D eigenvalue weighted by atomic mass is 16.4. The summed E-state index contributed by atoms with van der Waals surface area (Å²) >= 11 is 0. The summed E-state index contributed by atoms with van der Waals surface area (Å²) in [7, 11) is 0. The lowest BCUT2D eigenvalue weighted by molar-refractivity contribution is -0.138. The summed E-state index contributed by atoms with van der Waals surface area (Å²) in [5, 5.41) is 8.61. The number of carbonyl (C=O) groups is 1. The van der Waals surface area contributed by atoms with Gasteiger partial charge in [0, 0.05) is 5.70 Å². The fraction of sp³-hybridized carbons (Fsp3) is 0.125. The molecule has 0 aromatic carbocycles. The molecular formula is C8H9NO2. The molecule has 1 rings (SSSR count). The first-order valence-electron chi connectivity index (χ1n) is 3.18. The van der Waals surface area contributed by atoms with Gasteiger partial charge in [0.15, 0.2) is 0 Å². The molecule has 0 aromatic rings. The molecule has 0 saturated heterocycles. The molecule has 1 aliphatic rings. The van der Waals surface area contributed by atoms with E-state index in [-0.39, 0.29) is 0 Å². The van der Waals surface area contributed by atoms with Gasteiger partial charge < -0.3 is 10.8 Å². The van der Waals surface area contributed by atoms with Crippen molar-refractivity contribution in [2.24, 2.45) is 11.7 Å². The lowest BCUT2D eigenvalue weighted by Gasteiger charge is -2.11. The third kappa shape index (κ3) is 1.49. The molecule has 3 heteroatoms. The molecule has 0 fully saturated rings. The van der Waals surface area contributed by atoms with E-state index in [4.69, 9.17) is 10.8 Å². The first kappa shape index (κ1) is 7.60. The zero-order valence-electron chi connectivity index (χ0n) is 5.95. The van der Waals surface area contributed by atoms with Gasteiger partial charge in [-0.1, -0.05) is 12.7 Å². The molecule has 3 nitrogen and oxygen atoms in total. The van der Waals surface area contributed by atoms with E-state index in [0.717, 1.165) is 0 Å². The minimum absolute atomic E-state index is 0.525. The second-order valence-corrected chi connectivity index (χ2v) is 2.39. The van der Waals surface area contributed by atoms with Crippen LogP contribution in [0.5, 0.6) is 0 Å². The van der Waals surface area contributed by atoms with Crippen molar-refractivity contribution in [3.8, 4) is 0 Å². The normalized spacial score (nSPS) is 23.1. The number of aliphatic carboxylic acids is 1. The summed E-state index contributed by atoms with van der Waals surface area (Å²) in [6, 6.07) is 0. The molecule has 1 atom stereocenters. The van der Waals surface area contributed by atoms with Crippen LogP contribution in [0, 0.1) is 5.92 Å². The first-order chi connectivity index (χ1) is 5.11. The van der Waals surface area contributed by atoms with Crippen LogP contribution < -0.4 is 5.73 Å². The lowest BCUT2D eigenvalue weighted by Crippen LogP contribution is -2.15.